The Bertz CT molecular complexity index is 620. The van der Waals surface area contributed by atoms with Gasteiger partial charge in [-0.05, 0) is 36.8 Å². The predicted molar refractivity (Wildman–Crippen MR) is 80.1 cm³/mol. The van der Waals surface area contributed by atoms with Gasteiger partial charge in [0, 0.05) is 0 Å². The van der Waals surface area contributed by atoms with Crippen LogP contribution in [0.15, 0.2) is 47.1 Å². The monoisotopic (exact) mass is 302 g/mol. The maximum atomic E-state index is 11.8. The van der Waals surface area contributed by atoms with Gasteiger partial charge in [0.15, 0.2) is 0 Å². The molecule has 1 aromatic heterocycles. The van der Waals surface area contributed by atoms with Gasteiger partial charge in [-0.3, -0.25) is 9.59 Å². The van der Waals surface area contributed by atoms with Crippen LogP contribution >= 0.6 is 0 Å². The van der Waals surface area contributed by atoms with Crippen molar-refractivity contribution in [2.45, 2.75) is 19.5 Å². The second-order valence-electron chi connectivity index (χ2n) is 4.73. The fourth-order valence-corrected chi connectivity index (χ4v) is 1.90. The van der Waals surface area contributed by atoms with Crippen LogP contribution in [0, 0.1) is 0 Å². The largest absolute Gasteiger partial charge is 0.497 e. The number of hydrogen-bond donors (Lipinski definition) is 2. The number of methoxy groups -OCH3 is 1. The molecule has 1 heterocycles. The topological polar surface area (TPSA) is 80.6 Å². The van der Waals surface area contributed by atoms with E-state index < -0.39 is 11.8 Å². The number of ether oxygens (including phenoxy) is 1. The normalized spacial score (nSPS) is 11.5. The molecule has 2 aromatic rings. The van der Waals surface area contributed by atoms with Gasteiger partial charge < -0.3 is 19.8 Å². The maximum Gasteiger partial charge on any atom is 0.309 e. The van der Waals surface area contributed by atoms with Crippen LogP contribution in [0.1, 0.15) is 24.3 Å². The highest BCUT2D eigenvalue weighted by atomic mass is 16.5. The van der Waals surface area contributed by atoms with Crippen LogP contribution in [0.3, 0.4) is 0 Å². The molecule has 0 aliphatic carbocycles. The molecular formula is C16H18N2O4. The summed E-state index contributed by atoms with van der Waals surface area (Å²) in [4.78, 5) is 23.6. The van der Waals surface area contributed by atoms with Crippen molar-refractivity contribution in [2.75, 3.05) is 7.11 Å². The van der Waals surface area contributed by atoms with Crippen molar-refractivity contribution in [1.82, 2.24) is 10.6 Å². The highest BCUT2D eigenvalue weighted by Gasteiger charge is 2.17. The van der Waals surface area contributed by atoms with E-state index in [1.165, 1.54) is 6.26 Å². The van der Waals surface area contributed by atoms with E-state index in [4.69, 9.17) is 9.15 Å². The minimum absolute atomic E-state index is 0.177. The first-order chi connectivity index (χ1) is 10.6. The molecular weight excluding hydrogens is 284 g/mol. The SMILES string of the molecule is COc1ccc(C(C)NC(=O)C(=O)NCc2ccco2)cc1. The van der Waals surface area contributed by atoms with Gasteiger partial charge in [-0.15, -0.1) is 0 Å². The summed E-state index contributed by atoms with van der Waals surface area (Å²) < 4.78 is 10.2. The first-order valence-electron chi connectivity index (χ1n) is 6.85. The first-order valence-corrected chi connectivity index (χ1v) is 6.85. The molecule has 6 nitrogen and oxygen atoms in total. The summed E-state index contributed by atoms with van der Waals surface area (Å²) in [5.41, 5.74) is 0.882. The Morgan fingerprint density at radius 2 is 1.91 bits per heavy atom. The molecule has 6 heteroatoms. The molecule has 0 aliphatic heterocycles. The van der Waals surface area contributed by atoms with Gasteiger partial charge in [0.2, 0.25) is 0 Å². The molecule has 2 N–H and O–H groups in total. The summed E-state index contributed by atoms with van der Waals surface area (Å²) >= 11 is 0. The second-order valence-corrected chi connectivity index (χ2v) is 4.73. The molecule has 2 amide bonds. The van der Waals surface area contributed by atoms with Crippen molar-refractivity contribution in [3.63, 3.8) is 0 Å². The van der Waals surface area contributed by atoms with E-state index in [2.05, 4.69) is 10.6 Å². The zero-order chi connectivity index (χ0) is 15.9. The lowest BCUT2D eigenvalue weighted by Crippen LogP contribution is -2.40. The van der Waals surface area contributed by atoms with E-state index in [-0.39, 0.29) is 12.6 Å². The number of hydrogen-bond acceptors (Lipinski definition) is 4. The van der Waals surface area contributed by atoms with E-state index in [0.717, 1.165) is 11.3 Å². The average molecular weight is 302 g/mol. The van der Waals surface area contributed by atoms with Crippen LogP contribution < -0.4 is 15.4 Å². The van der Waals surface area contributed by atoms with Crippen molar-refractivity contribution in [3.8, 4) is 5.75 Å². The number of nitrogens with one attached hydrogen (secondary N) is 2. The van der Waals surface area contributed by atoms with Gasteiger partial charge in [-0.1, -0.05) is 12.1 Å². The Hall–Kier alpha value is -2.76. The van der Waals surface area contributed by atoms with Crippen molar-refractivity contribution in [2.24, 2.45) is 0 Å². The molecule has 0 bridgehead atoms. The summed E-state index contributed by atoms with van der Waals surface area (Å²) in [6.45, 7) is 1.98. The van der Waals surface area contributed by atoms with Gasteiger partial charge in [-0.2, -0.15) is 0 Å². The Morgan fingerprint density at radius 3 is 2.50 bits per heavy atom. The van der Waals surface area contributed by atoms with Crippen LogP contribution in [-0.2, 0) is 16.1 Å². The lowest BCUT2D eigenvalue weighted by atomic mass is 10.1. The molecule has 0 spiro atoms. The molecule has 1 atom stereocenters. The summed E-state index contributed by atoms with van der Waals surface area (Å²) in [6.07, 6.45) is 1.51. The van der Waals surface area contributed by atoms with E-state index in [1.807, 2.05) is 12.1 Å². The summed E-state index contributed by atoms with van der Waals surface area (Å²) in [5.74, 6) is -0.0607. The summed E-state index contributed by atoms with van der Waals surface area (Å²) in [6, 6.07) is 10.4. The van der Waals surface area contributed by atoms with Crippen molar-refractivity contribution in [1.29, 1.82) is 0 Å². The lowest BCUT2D eigenvalue weighted by molar-refractivity contribution is -0.139. The van der Waals surface area contributed by atoms with Gasteiger partial charge in [-0.25, -0.2) is 0 Å². The fourth-order valence-electron chi connectivity index (χ4n) is 1.90. The van der Waals surface area contributed by atoms with Crippen LogP contribution in [0.5, 0.6) is 5.75 Å². The molecule has 1 unspecified atom stereocenters. The number of carbonyl (C=O) groups is 2. The van der Waals surface area contributed by atoms with Crippen molar-refractivity contribution in [3.05, 3.63) is 54.0 Å². The summed E-state index contributed by atoms with van der Waals surface area (Å²) in [5, 5.41) is 5.14. The van der Waals surface area contributed by atoms with Gasteiger partial charge in [0.1, 0.15) is 11.5 Å². The first kappa shape index (κ1) is 15.6. The smallest absolute Gasteiger partial charge is 0.309 e. The van der Waals surface area contributed by atoms with Gasteiger partial charge in [0.25, 0.3) is 0 Å². The van der Waals surface area contributed by atoms with Gasteiger partial charge >= 0.3 is 11.8 Å². The molecule has 22 heavy (non-hydrogen) atoms. The number of benzene rings is 1. The molecule has 116 valence electrons. The minimum atomic E-state index is -0.697. The molecule has 2 rings (SSSR count). The predicted octanol–water partition coefficient (Wildman–Crippen LogP) is 1.78. The van der Waals surface area contributed by atoms with Crippen LogP contribution in [0.2, 0.25) is 0 Å². The van der Waals surface area contributed by atoms with Crippen molar-refractivity contribution < 1.29 is 18.7 Å². The van der Waals surface area contributed by atoms with Crippen LogP contribution in [-0.4, -0.2) is 18.9 Å². The standard InChI is InChI=1S/C16H18N2O4/c1-11(12-5-7-13(21-2)8-6-12)18-16(20)15(19)17-10-14-4-3-9-22-14/h3-9,11H,10H2,1-2H3,(H,17,19)(H,18,20). The third-order valence-electron chi connectivity index (χ3n) is 3.17. The highest BCUT2D eigenvalue weighted by Crippen LogP contribution is 2.17. The number of carbonyl (C=O) groups excluding carboxylic acids is 2. The van der Waals surface area contributed by atoms with Crippen molar-refractivity contribution >= 4 is 11.8 Å². The Morgan fingerprint density at radius 1 is 1.18 bits per heavy atom. The van der Waals surface area contributed by atoms with Crippen LogP contribution in [0.4, 0.5) is 0 Å². The molecule has 0 aliphatic rings. The Kier molecular flexibility index (Phi) is 5.19. The number of furan rings is 1. The minimum Gasteiger partial charge on any atom is -0.497 e. The van der Waals surface area contributed by atoms with E-state index >= 15 is 0 Å². The molecule has 1 aromatic carbocycles. The molecule has 0 saturated carbocycles. The Balaban J connectivity index is 1.85. The quantitative estimate of drug-likeness (QED) is 0.825. The molecule has 0 radical (unpaired) electrons. The fraction of sp³-hybridized carbons (Fsp3) is 0.250. The zero-order valence-corrected chi connectivity index (χ0v) is 12.5. The van der Waals surface area contributed by atoms with E-state index in [0.29, 0.717) is 5.76 Å². The number of amides is 2. The highest BCUT2D eigenvalue weighted by molar-refractivity contribution is 6.35. The zero-order valence-electron chi connectivity index (χ0n) is 12.5. The summed E-state index contributed by atoms with van der Waals surface area (Å²) in [7, 11) is 1.59. The van der Waals surface area contributed by atoms with E-state index in [1.54, 1.807) is 38.3 Å². The average Bonchev–Trinajstić information content (AvgIpc) is 3.06. The number of rotatable bonds is 5. The molecule has 0 saturated heterocycles. The van der Waals surface area contributed by atoms with Crippen LogP contribution in [0.25, 0.3) is 0 Å². The van der Waals surface area contributed by atoms with Gasteiger partial charge in [0.05, 0.1) is 26.0 Å². The molecule has 0 fully saturated rings. The third-order valence-corrected chi connectivity index (χ3v) is 3.17. The Labute approximate surface area is 128 Å². The maximum absolute atomic E-state index is 11.8. The second kappa shape index (κ2) is 7.31. The van der Waals surface area contributed by atoms with E-state index in [9.17, 15) is 9.59 Å². The lowest BCUT2D eigenvalue weighted by Gasteiger charge is -2.14. The third kappa shape index (κ3) is 4.12.